The van der Waals surface area contributed by atoms with E-state index in [1.54, 1.807) is 0 Å². The Bertz CT molecular complexity index is 701. The van der Waals surface area contributed by atoms with Gasteiger partial charge >= 0.3 is 0 Å². The monoisotopic (exact) mass is 450 g/mol. The smallest absolute Gasteiger partial charge is 0.261 e. The van der Waals surface area contributed by atoms with E-state index in [1.165, 1.54) is 44.2 Å². The first-order valence-electron chi connectivity index (χ1n) is 12.1. The predicted molar refractivity (Wildman–Crippen MR) is 126 cm³/mol. The molecule has 1 aliphatic carbocycles. The van der Waals surface area contributed by atoms with Gasteiger partial charge in [0.2, 0.25) is 0 Å². The number of rotatable bonds is 7. The summed E-state index contributed by atoms with van der Waals surface area (Å²) in [7, 11) is 0. The Morgan fingerprint density at radius 1 is 1.16 bits per heavy atom. The van der Waals surface area contributed by atoms with Crippen molar-refractivity contribution in [1.29, 1.82) is 0 Å². The minimum Gasteiger partial charge on any atom is -0.480 e. The van der Waals surface area contributed by atoms with Crippen molar-refractivity contribution < 1.29 is 14.3 Å². The average Bonchev–Trinajstić information content (AvgIpc) is 2.79. The number of nitrogens with one attached hydrogen (secondary N) is 1. The maximum atomic E-state index is 13.0. The summed E-state index contributed by atoms with van der Waals surface area (Å²) in [6.45, 7) is 7.19. The van der Waals surface area contributed by atoms with Crippen molar-refractivity contribution in [2.75, 3.05) is 32.8 Å². The third-order valence-electron chi connectivity index (χ3n) is 7.10. The van der Waals surface area contributed by atoms with E-state index in [1.807, 2.05) is 18.2 Å². The second-order valence-electron chi connectivity index (χ2n) is 9.34. The van der Waals surface area contributed by atoms with Crippen molar-refractivity contribution in [3.8, 4) is 5.75 Å². The summed E-state index contributed by atoms with van der Waals surface area (Å²) in [5, 5.41) is 3.39. The molecule has 2 heterocycles. The Hall–Kier alpha value is -1.30. The normalized spacial score (nSPS) is 28.7. The summed E-state index contributed by atoms with van der Waals surface area (Å²) >= 11 is 0. The van der Waals surface area contributed by atoms with Gasteiger partial charge in [0, 0.05) is 25.7 Å². The number of hydrogen-bond donors (Lipinski definition) is 1. The number of halogens is 1. The van der Waals surface area contributed by atoms with Crippen molar-refractivity contribution >= 4 is 18.3 Å². The van der Waals surface area contributed by atoms with Gasteiger partial charge in [0.15, 0.2) is 6.10 Å². The van der Waals surface area contributed by atoms with Crippen LogP contribution in [0.2, 0.25) is 0 Å². The number of carbonyl (C=O) groups is 1. The Morgan fingerprint density at radius 3 is 2.87 bits per heavy atom. The molecule has 1 N–H and O–H groups in total. The second kappa shape index (κ2) is 12.1. The quantitative estimate of drug-likeness (QED) is 0.675. The van der Waals surface area contributed by atoms with Gasteiger partial charge in [-0.2, -0.15) is 0 Å². The average molecular weight is 451 g/mol. The number of nitrogens with zero attached hydrogens (tertiary/aromatic N) is 1. The van der Waals surface area contributed by atoms with Gasteiger partial charge < -0.3 is 19.7 Å². The van der Waals surface area contributed by atoms with Gasteiger partial charge in [0.25, 0.3) is 5.91 Å². The molecule has 3 aliphatic rings. The molecule has 0 radical (unpaired) electrons. The van der Waals surface area contributed by atoms with Crippen molar-refractivity contribution in [2.24, 2.45) is 11.8 Å². The van der Waals surface area contributed by atoms with Crippen molar-refractivity contribution in [2.45, 2.75) is 70.4 Å². The van der Waals surface area contributed by atoms with Crippen LogP contribution in [0.4, 0.5) is 0 Å². The molecule has 174 valence electrons. The third-order valence-corrected chi connectivity index (χ3v) is 7.10. The maximum Gasteiger partial charge on any atom is 0.261 e. The molecule has 4 atom stereocenters. The number of piperidine rings is 1. The molecule has 5 nitrogen and oxygen atoms in total. The topological polar surface area (TPSA) is 50.8 Å². The molecule has 0 unspecified atom stereocenters. The first-order valence-corrected chi connectivity index (χ1v) is 12.1. The fourth-order valence-corrected chi connectivity index (χ4v) is 5.47. The highest BCUT2D eigenvalue weighted by molar-refractivity contribution is 5.85. The number of aryl methyl sites for hydroxylation is 1. The number of benzene rings is 1. The Morgan fingerprint density at radius 2 is 2.00 bits per heavy atom. The number of likely N-dealkylation sites (tertiary alicyclic amines) is 1. The van der Waals surface area contributed by atoms with E-state index >= 15 is 0 Å². The largest absolute Gasteiger partial charge is 0.480 e. The number of amides is 1. The molecule has 2 aliphatic heterocycles. The van der Waals surface area contributed by atoms with E-state index in [2.05, 4.69) is 23.2 Å². The van der Waals surface area contributed by atoms with Crippen LogP contribution in [0.3, 0.4) is 0 Å². The summed E-state index contributed by atoms with van der Waals surface area (Å²) in [4.78, 5) is 15.6. The van der Waals surface area contributed by atoms with E-state index < -0.39 is 0 Å². The number of carbonyl (C=O) groups excluding carboxylic acids is 1. The first-order chi connectivity index (χ1) is 14.7. The van der Waals surface area contributed by atoms with Gasteiger partial charge in [-0.05, 0) is 75.5 Å². The summed E-state index contributed by atoms with van der Waals surface area (Å²) < 4.78 is 11.7. The molecule has 1 saturated carbocycles. The maximum absolute atomic E-state index is 13.0. The van der Waals surface area contributed by atoms with E-state index in [-0.39, 0.29) is 30.5 Å². The summed E-state index contributed by atoms with van der Waals surface area (Å²) in [6.07, 6.45) is 8.67. The van der Waals surface area contributed by atoms with Gasteiger partial charge in [-0.25, -0.2) is 0 Å². The van der Waals surface area contributed by atoms with Gasteiger partial charge in [-0.1, -0.05) is 31.0 Å². The van der Waals surface area contributed by atoms with Gasteiger partial charge in [0.05, 0.1) is 6.61 Å². The Balaban J connectivity index is 0.00000272. The lowest BCUT2D eigenvalue weighted by Gasteiger charge is -2.39. The molecule has 2 fully saturated rings. The molecule has 1 aromatic carbocycles. The van der Waals surface area contributed by atoms with Crippen LogP contribution in [-0.2, 0) is 16.0 Å². The Labute approximate surface area is 193 Å². The third kappa shape index (κ3) is 6.59. The summed E-state index contributed by atoms with van der Waals surface area (Å²) in [5.74, 6) is 2.16. The van der Waals surface area contributed by atoms with Gasteiger partial charge in [-0.3, -0.25) is 4.79 Å². The van der Waals surface area contributed by atoms with Crippen LogP contribution in [-0.4, -0.2) is 55.8 Å². The molecular weight excluding hydrogens is 412 g/mol. The lowest BCUT2D eigenvalue weighted by molar-refractivity contribution is -0.130. The highest BCUT2D eigenvalue weighted by atomic mass is 35.5. The lowest BCUT2D eigenvalue weighted by Crippen LogP contribution is -2.51. The van der Waals surface area contributed by atoms with Crippen LogP contribution in [0.5, 0.6) is 5.75 Å². The zero-order valence-electron chi connectivity index (χ0n) is 18.9. The number of para-hydroxylation sites is 1. The molecular formula is C25H39ClN2O3. The molecule has 31 heavy (non-hydrogen) atoms. The zero-order valence-corrected chi connectivity index (χ0v) is 19.7. The van der Waals surface area contributed by atoms with Crippen LogP contribution in [0, 0.1) is 11.8 Å². The van der Waals surface area contributed by atoms with Crippen LogP contribution in [0.25, 0.3) is 0 Å². The highest BCUT2D eigenvalue weighted by Crippen LogP contribution is 2.30. The van der Waals surface area contributed by atoms with Crippen LogP contribution < -0.4 is 10.1 Å². The second-order valence-corrected chi connectivity index (χ2v) is 9.34. The highest BCUT2D eigenvalue weighted by Gasteiger charge is 2.33. The van der Waals surface area contributed by atoms with Crippen molar-refractivity contribution in [3.63, 3.8) is 0 Å². The summed E-state index contributed by atoms with van der Waals surface area (Å²) in [5.41, 5.74) is 1.21. The molecule has 6 heteroatoms. The van der Waals surface area contributed by atoms with Crippen molar-refractivity contribution in [3.05, 3.63) is 29.8 Å². The molecule has 4 rings (SSSR count). The van der Waals surface area contributed by atoms with Crippen molar-refractivity contribution in [1.82, 2.24) is 10.2 Å². The molecule has 1 saturated heterocycles. The first kappa shape index (κ1) is 24.3. The Kier molecular flexibility index (Phi) is 9.48. The number of ether oxygens (including phenoxy) is 2. The summed E-state index contributed by atoms with van der Waals surface area (Å²) in [6, 6.07) is 8.37. The molecule has 0 bridgehead atoms. The number of fused-ring (bicyclic) bond motifs is 1. The molecule has 0 spiro atoms. The minimum atomic E-state index is -0.354. The van der Waals surface area contributed by atoms with Gasteiger partial charge in [-0.15, -0.1) is 12.4 Å². The van der Waals surface area contributed by atoms with E-state index in [0.717, 1.165) is 51.3 Å². The predicted octanol–water partition coefficient (Wildman–Crippen LogP) is 4.23. The molecule has 1 amide bonds. The zero-order chi connectivity index (χ0) is 20.8. The standard InChI is InChI=1S/C25H38N2O3.ClH/c1-2-29-18-19-8-7-15-27(16-19)17-21-10-3-5-11-22(21)26-25(28)24-14-13-20-9-4-6-12-23(20)30-24;/h4,6,9,12,19,21-22,24H,2-3,5,7-8,10-11,13-18H2,1H3,(H,26,28);1H/t19-,21-,22+,24+;/m1./s1. The minimum absolute atomic E-state index is 0. The fraction of sp³-hybridized carbons (Fsp3) is 0.720. The van der Waals surface area contributed by atoms with E-state index in [4.69, 9.17) is 9.47 Å². The van der Waals surface area contributed by atoms with Crippen LogP contribution in [0.15, 0.2) is 24.3 Å². The van der Waals surface area contributed by atoms with Crippen LogP contribution >= 0.6 is 12.4 Å². The van der Waals surface area contributed by atoms with E-state index in [9.17, 15) is 4.79 Å². The molecule has 1 aromatic rings. The molecule has 0 aromatic heterocycles. The van der Waals surface area contributed by atoms with Crippen LogP contribution in [0.1, 0.15) is 57.4 Å². The van der Waals surface area contributed by atoms with Gasteiger partial charge in [0.1, 0.15) is 5.75 Å². The SMILES string of the molecule is CCOC[C@@H]1CCCN(C[C@H]2CCCC[C@@H]2NC(=O)[C@@H]2CCc3ccccc3O2)C1.Cl. The lowest BCUT2D eigenvalue weighted by atomic mass is 9.83. The number of hydrogen-bond acceptors (Lipinski definition) is 4. The van der Waals surface area contributed by atoms with E-state index in [0.29, 0.717) is 11.8 Å². The fourth-order valence-electron chi connectivity index (χ4n) is 5.47.